The third-order valence-electron chi connectivity index (χ3n) is 4.02. The molecule has 1 aliphatic carbocycles. The molecule has 0 radical (unpaired) electrons. The van der Waals surface area contributed by atoms with Crippen molar-refractivity contribution in [2.24, 2.45) is 5.92 Å². The summed E-state index contributed by atoms with van der Waals surface area (Å²) in [4.78, 5) is 26.4. The Hall–Kier alpha value is -1.06. The topological polar surface area (TPSA) is 49.4 Å². The van der Waals surface area contributed by atoms with Gasteiger partial charge in [0.15, 0.2) is 0 Å². The molecule has 2 aliphatic rings. The molecule has 2 atom stereocenters. The van der Waals surface area contributed by atoms with Crippen LogP contribution in [0.4, 0.5) is 0 Å². The molecule has 1 saturated heterocycles. The van der Waals surface area contributed by atoms with Crippen LogP contribution in [0.1, 0.15) is 47.0 Å². The molecular weight excluding hydrogens is 216 g/mol. The maximum atomic E-state index is 12.5. The summed E-state index contributed by atoms with van der Waals surface area (Å²) < 4.78 is 0. The molecule has 17 heavy (non-hydrogen) atoms. The average Bonchev–Trinajstić information content (AvgIpc) is 2.99. The monoisotopic (exact) mass is 238 g/mol. The second kappa shape index (κ2) is 4.00. The number of hydrogen-bond acceptors (Lipinski definition) is 2. The van der Waals surface area contributed by atoms with Crippen molar-refractivity contribution < 1.29 is 9.59 Å². The molecule has 1 heterocycles. The van der Waals surface area contributed by atoms with E-state index in [4.69, 9.17) is 0 Å². The van der Waals surface area contributed by atoms with Crippen LogP contribution in [0.3, 0.4) is 0 Å². The number of amides is 2. The van der Waals surface area contributed by atoms with E-state index in [-0.39, 0.29) is 35.4 Å². The summed E-state index contributed by atoms with van der Waals surface area (Å²) in [6.45, 7) is 8.00. The maximum absolute atomic E-state index is 12.5. The van der Waals surface area contributed by atoms with Crippen LogP contribution in [0.15, 0.2) is 0 Å². The Morgan fingerprint density at radius 3 is 2.41 bits per heavy atom. The third kappa shape index (κ3) is 1.94. The van der Waals surface area contributed by atoms with Gasteiger partial charge in [0.05, 0.1) is 0 Å². The number of piperazine rings is 1. The van der Waals surface area contributed by atoms with Crippen LogP contribution in [0.25, 0.3) is 0 Å². The van der Waals surface area contributed by atoms with E-state index in [1.807, 2.05) is 25.7 Å². The molecule has 0 bridgehead atoms. The van der Waals surface area contributed by atoms with Crippen LogP contribution >= 0.6 is 0 Å². The Morgan fingerprint density at radius 1 is 1.41 bits per heavy atom. The Labute approximate surface area is 103 Å². The zero-order valence-electron chi connectivity index (χ0n) is 11.1. The molecule has 1 saturated carbocycles. The lowest BCUT2D eigenvalue weighted by Crippen LogP contribution is -2.67. The van der Waals surface area contributed by atoms with Crippen LogP contribution in [-0.4, -0.2) is 34.3 Å². The molecule has 2 amide bonds. The van der Waals surface area contributed by atoms with E-state index in [1.54, 1.807) is 0 Å². The normalized spacial score (nSPS) is 31.7. The van der Waals surface area contributed by atoms with Crippen molar-refractivity contribution in [3.05, 3.63) is 0 Å². The molecule has 0 spiro atoms. The van der Waals surface area contributed by atoms with E-state index in [2.05, 4.69) is 12.2 Å². The zero-order valence-corrected chi connectivity index (χ0v) is 11.1. The number of rotatable bonds is 3. The SMILES string of the molecule is CCC1C(=O)NC(C(C)C)C(=O)N1C1(C)CC1. The fourth-order valence-electron chi connectivity index (χ4n) is 2.62. The maximum Gasteiger partial charge on any atom is 0.246 e. The van der Waals surface area contributed by atoms with Gasteiger partial charge in [-0.05, 0) is 32.1 Å². The predicted molar refractivity (Wildman–Crippen MR) is 65.3 cm³/mol. The quantitative estimate of drug-likeness (QED) is 0.805. The number of carbonyl (C=O) groups is 2. The molecule has 1 N–H and O–H groups in total. The largest absolute Gasteiger partial charge is 0.342 e. The van der Waals surface area contributed by atoms with Gasteiger partial charge < -0.3 is 10.2 Å². The van der Waals surface area contributed by atoms with Crippen molar-refractivity contribution in [2.75, 3.05) is 0 Å². The number of carbonyl (C=O) groups excluding carboxylic acids is 2. The molecule has 0 aromatic rings. The van der Waals surface area contributed by atoms with Gasteiger partial charge in [-0.1, -0.05) is 20.8 Å². The number of nitrogens with zero attached hydrogens (tertiary/aromatic N) is 1. The molecule has 2 fully saturated rings. The molecule has 4 heteroatoms. The second-order valence-corrected chi connectivity index (χ2v) is 5.86. The van der Waals surface area contributed by atoms with Crippen molar-refractivity contribution in [3.8, 4) is 0 Å². The minimum absolute atomic E-state index is 0.0129. The lowest BCUT2D eigenvalue weighted by molar-refractivity contribution is -0.154. The highest BCUT2D eigenvalue weighted by Gasteiger charge is 2.53. The van der Waals surface area contributed by atoms with E-state index in [0.29, 0.717) is 6.42 Å². The molecule has 0 aromatic carbocycles. The van der Waals surface area contributed by atoms with Crippen LogP contribution in [-0.2, 0) is 9.59 Å². The molecule has 96 valence electrons. The lowest BCUT2D eigenvalue weighted by Gasteiger charge is -2.43. The van der Waals surface area contributed by atoms with Gasteiger partial charge in [0.25, 0.3) is 0 Å². The van der Waals surface area contributed by atoms with Crippen molar-refractivity contribution in [1.29, 1.82) is 0 Å². The Balaban J connectivity index is 2.29. The standard InChI is InChI=1S/C13H22N2O2/c1-5-9-11(16)14-10(8(2)3)12(17)15(9)13(4)6-7-13/h8-10H,5-7H2,1-4H3,(H,14,16). The Bertz CT molecular complexity index is 347. The van der Waals surface area contributed by atoms with Crippen LogP contribution in [0, 0.1) is 5.92 Å². The van der Waals surface area contributed by atoms with E-state index >= 15 is 0 Å². The Kier molecular flexibility index (Phi) is 2.92. The van der Waals surface area contributed by atoms with Gasteiger partial charge in [-0.3, -0.25) is 9.59 Å². The first-order valence-corrected chi connectivity index (χ1v) is 6.54. The first-order valence-electron chi connectivity index (χ1n) is 6.54. The highest BCUT2D eigenvalue weighted by molar-refractivity contribution is 5.97. The van der Waals surface area contributed by atoms with E-state index in [1.165, 1.54) is 0 Å². The highest BCUT2D eigenvalue weighted by Crippen LogP contribution is 2.44. The molecule has 0 aromatic heterocycles. The highest BCUT2D eigenvalue weighted by atomic mass is 16.2. The van der Waals surface area contributed by atoms with Crippen molar-refractivity contribution in [3.63, 3.8) is 0 Å². The van der Waals surface area contributed by atoms with E-state index in [9.17, 15) is 9.59 Å². The van der Waals surface area contributed by atoms with E-state index in [0.717, 1.165) is 12.8 Å². The summed E-state index contributed by atoms with van der Waals surface area (Å²) >= 11 is 0. The van der Waals surface area contributed by atoms with Gasteiger partial charge in [-0.2, -0.15) is 0 Å². The summed E-state index contributed by atoms with van der Waals surface area (Å²) in [5.41, 5.74) is -0.0668. The van der Waals surface area contributed by atoms with Crippen molar-refractivity contribution in [2.45, 2.75) is 64.6 Å². The molecular formula is C13H22N2O2. The van der Waals surface area contributed by atoms with Gasteiger partial charge in [-0.25, -0.2) is 0 Å². The Morgan fingerprint density at radius 2 is 2.00 bits per heavy atom. The molecule has 2 rings (SSSR count). The van der Waals surface area contributed by atoms with E-state index < -0.39 is 0 Å². The smallest absolute Gasteiger partial charge is 0.246 e. The molecule has 4 nitrogen and oxygen atoms in total. The van der Waals surface area contributed by atoms with Crippen molar-refractivity contribution >= 4 is 11.8 Å². The minimum Gasteiger partial charge on any atom is -0.342 e. The fourth-order valence-corrected chi connectivity index (χ4v) is 2.62. The number of nitrogens with one attached hydrogen (secondary N) is 1. The van der Waals surface area contributed by atoms with Gasteiger partial charge in [0.2, 0.25) is 11.8 Å². The zero-order chi connectivity index (χ0) is 12.8. The molecule has 1 aliphatic heterocycles. The van der Waals surface area contributed by atoms with Crippen LogP contribution in [0.2, 0.25) is 0 Å². The second-order valence-electron chi connectivity index (χ2n) is 5.86. The molecule has 2 unspecified atom stereocenters. The minimum atomic E-state index is -0.345. The van der Waals surface area contributed by atoms with Crippen LogP contribution < -0.4 is 5.32 Å². The summed E-state index contributed by atoms with van der Waals surface area (Å²) in [6.07, 6.45) is 2.73. The van der Waals surface area contributed by atoms with Gasteiger partial charge in [-0.15, -0.1) is 0 Å². The van der Waals surface area contributed by atoms with Gasteiger partial charge in [0, 0.05) is 5.54 Å². The summed E-state index contributed by atoms with van der Waals surface area (Å²) in [6, 6.07) is -0.618. The average molecular weight is 238 g/mol. The third-order valence-corrected chi connectivity index (χ3v) is 4.02. The first kappa shape index (κ1) is 12.4. The predicted octanol–water partition coefficient (Wildman–Crippen LogP) is 1.30. The lowest BCUT2D eigenvalue weighted by atomic mass is 9.95. The fraction of sp³-hybridized carbons (Fsp3) is 0.846. The summed E-state index contributed by atoms with van der Waals surface area (Å²) in [7, 11) is 0. The number of hydrogen-bond donors (Lipinski definition) is 1. The van der Waals surface area contributed by atoms with Crippen molar-refractivity contribution in [1.82, 2.24) is 10.2 Å². The van der Waals surface area contributed by atoms with Gasteiger partial charge >= 0.3 is 0 Å². The first-order chi connectivity index (χ1) is 7.90. The summed E-state index contributed by atoms with van der Waals surface area (Å²) in [5, 5.41) is 2.87. The van der Waals surface area contributed by atoms with Crippen LogP contribution in [0.5, 0.6) is 0 Å². The summed E-state index contributed by atoms with van der Waals surface area (Å²) in [5.74, 6) is 0.263. The van der Waals surface area contributed by atoms with Gasteiger partial charge in [0.1, 0.15) is 12.1 Å².